The largest absolute Gasteiger partial charge is 0.508 e. The highest BCUT2D eigenvalue weighted by Gasteiger charge is 2.24. The van der Waals surface area contributed by atoms with Crippen molar-refractivity contribution in [2.24, 2.45) is 0 Å². The van der Waals surface area contributed by atoms with Crippen LogP contribution in [0.1, 0.15) is 23.2 Å². The number of carbonyl (C=O) groups is 1. The number of benzene rings is 1. The molecule has 0 saturated carbocycles. The maximum atomic E-state index is 12.3. The SMILES string of the molecule is CN(CCN1CCCC1)C(=O)c1cc(O)ccc1[N+](=O)[O-]. The zero-order valence-electron chi connectivity index (χ0n) is 12.0. The molecule has 1 fully saturated rings. The van der Waals surface area contributed by atoms with Gasteiger partial charge in [0.1, 0.15) is 11.3 Å². The molecule has 1 aromatic rings. The first-order chi connectivity index (χ1) is 9.99. The summed E-state index contributed by atoms with van der Waals surface area (Å²) in [5, 5.41) is 20.4. The molecule has 21 heavy (non-hydrogen) atoms. The quantitative estimate of drug-likeness (QED) is 0.656. The van der Waals surface area contributed by atoms with E-state index >= 15 is 0 Å². The summed E-state index contributed by atoms with van der Waals surface area (Å²) in [6.07, 6.45) is 2.35. The van der Waals surface area contributed by atoms with Gasteiger partial charge in [-0.25, -0.2) is 0 Å². The molecule has 1 saturated heterocycles. The fraction of sp³-hybridized carbons (Fsp3) is 0.500. The molecule has 1 heterocycles. The molecule has 0 radical (unpaired) electrons. The molecule has 0 aliphatic carbocycles. The van der Waals surface area contributed by atoms with Gasteiger partial charge in [-0.05, 0) is 38.1 Å². The van der Waals surface area contributed by atoms with Crippen LogP contribution in [0.5, 0.6) is 5.75 Å². The second kappa shape index (κ2) is 6.53. The van der Waals surface area contributed by atoms with Crippen molar-refractivity contribution in [3.8, 4) is 5.75 Å². The molecule has 0 spiro atoms. The van der Waals surface area contributed by atoms with Crippen LogP contribution in [0.4, 0.5) is 5.69 Å². The van der Waals surface area contributed by atoms with E-state index in [-0.39, 0.29) is 17.0 Å². The van der Waals surface area contributed by atoms with E-state index in [0.29, 0.717) is 6.54 Å². The number of amides is 1. The molecule has 0 atom stereocenters. The Morgan fingerprint density at radius 1 is 1.43 bits per heavy atom. The highest BCUT2D eigenvalue weighted by molar-refractivity contribution is 5.98. The standard InChI is InChI=1S/C14H19N3O4/c1-15(8-9-16-6-2-3-7-16)14(19)12-10-11(18)4-5-13(12)17(20)21/h4-5,10,18H,2-3,6-9H2,1H3. The Morgan fingerprint density at radius 3 is 2.71 bits per heavy atom. The van der Waals surface area contributed by atoms with Gasteiger partial charge < -0.3 is 14.9 Å². The molecular weight excluding hydrogens is 274 g/mol. The molecule has 7 nitrogen and oxygen atoms in total. The van der Waals surface area contributed by atoms with Crippen molar-refractivity contribution >= 4 is 11.6 Å². The highest BCUT2D eigenvalue weighted by atomic mass is 16.6. The van der Waals surface area contributed by atoms with Crippen molar-refractivity contribution < 1.29 is 14.8 Å². The van der Waals surface area contributed by atoms with E-state index < -0.39 is 10.8 Å². The van der Waals surface area contributed by atoms with Crippen molar-refractivity contribution in [1.29, 1.82) is 0 Å². The van der Waals surface area contributed by atoms with Crippen LogP contribution in [0.3, 0.4) is 0 Å². The lowest BCUT2D eigenvalue weighted by atomic mass is 10.1. The van der Waals surface area contributed by atoms with Crippen molar-refractivity contribution in [3.05, 3.63) is 33.9 Å². The maximum absolute atomic E-state index is 12.3. The normalized spacial score (nSPS) is 15.1. The second-order valence-corrected chi connectivity index (χ2v) is 5.23. The topological polar surface area (TPSA) is 86.9 Å². The Hall–Kier alpha value is -2.15. The molecule has 1 aliphatic heterocycles. The van der Waals surface area contributed by atoms with Gasteiger partial charge in [0.2, 0.25) is 0 Å². The first kappa shape index (κ1) is 15.2. The van der Waals surface area contributed by atoms with Crippen LogP contribution >= 0.6 is 0 Å². The minimum atomic E-state index is -0.610. The minimum absolute atomic E-state index is 0.0797. The zero-order valence-corrected chi connectivity index (χ0v) is 12.0. The summed E-state index contributed by atoms with van der Waals surface area (Å²) in [6.45, 7) is 3.34. The monoisotopic (exact) mass is 293 g/mol. The molecule has 0 bridgehead atoms. The summed E-state index contributed by atoms with van der Waals surface area (Å²) in [4.78, 5) is 26.4. The number of phenols is 1. The van der Waals surface area contributed by atoms with Crippen molar-refractivity contribution in [3.63, 3.8) is 0 Å². The van der Waals surface area contributed by atoms with E-state index in [9.17, 15) is 20.0 Å². The first-order valence-corrected chi connectivity index (χ1v) is 6.94. The van der Waals surface area contributed by atoms with Gasteiger partial charge in [-0.1, -0.05) is 0 Å². The highest BCUT2D eigenvalue weighted by Crippen LogP contribution is 2.24. The molecular formula is C14H19N3O4. The summed E-state index contributed by atoms with van der Waals surface area (Å²) in [5.74, 6) is -0.603. The number of nitro benzene ring substituents is 1. The van der Waals surface area contributed by atoms with Gasteiger partial charge in [0, 0.05) is 26.2 Å². The molecule has 1 aliphatic rings. The summed E-state index contributed by atoms with van der Waals surface area (Å²) in [5.41, 5.74) is -0.366. The molecule has 114 valence electrons. The van der Waals surface area contributed by atoms with E-state index in [1.165, 1.54) is 23.8 Å². The van der Waals surface area contributed by atoms with Crippen LogP contribution < -0.4 is 0 Å². The number of hydrogen-bond donors (Lipinski definition) is 1. The lowest BCUT2D eigenvalue weighted by Gasteiger charge is -2.21. The molecule has 7 heteroatoms. The Morgan fingerprint density at radius 2 is 2.10 bits per heavy atom. The van der Waals surface area contributed by atoms with Gasteiger partial charge >= 0.3 is 0 Å². The smallest absolute Gasteiger partial charge is 0.282 e. The van der Waals surface area contributed by atoms with Gasteiger partial charge in [-0.2, -0.15) is 0 Å². The number of aromatic hydroxyl groups is 1. The van der Waals surface area contributed by atoms with Gasteiger partial charge in [-0.15, -0.1) is 0 Å². The number of nitrogens with zero attached hydrogens (tertiary/aromatic N) is 3. The summed E-state index contributed by atoms with van der Waals surface area (Å²) < 4.78 is 0. The Balaban J connectivity index is 2.07. The Kier molecular flexibility index (Phi) is 4.74. The van der Waals surface area contributed by atoms with Gasteiger partial charge in [0.25, 0.3) is 11.6 Å². The lowest BCUT2D eigenvalue weighted by Crippen LogP contribution is -2.35. The van der Waals surface area contributed by atoms with Crippen LogP contribution in [0, 0.1) is 10.1 Å². The number of nitro groups is 1. The number of likely N-dealkylation sites (N-methyl/N-ethyl adjacent to an activating group) is 1. The van der Waals surface area contributed by atoms with Gasteiger partial charge in [0.05, 0.1) is 4.92 Å². The van der Waals surface area contributed by atoms with Crippen LogP contribution in [0.25, 0.3) is 0 Å². The fourth-order valence-corrected chi connectivity index (χ4v) is 2.46. The van der Waals surface area contributed by atoms with E-state index in [4.69, 9.17) is 0 Å². The van der Waals surface area contributed by atoms with Crippen molar-refractivity contribution in [1.82, 2.24) is 9.80 Å². The molecule has 0 aromatic heterocycles. The Labute approximate surface area is 122 Å². The zero-order chi connectivity index (χ0) is 15.4. The molecule has 0 unspecified atom stereocenters. The summed E-state index contributed by atoms with van der Waals surface area (Å²) >= 11 is 0. The molecule has 2 rings (SSSR count). The van der Waals surface area contributed by atoms with E-state index in [2.05, 4.69) is 4.90 Å². The molecule has 1 aromatic carbocycles. The van der Waals surface area contributed by atoms with Crippen LogP contribution in [-0.2, 0) is 0 Å². The van der Waals surface area contributed by atoms with E-state index in [1.807, 2.05) is 0 Å². The minimum Gasteiger partial charge on any atom is -0.508 e. The predicted molar refractivity (Wildman–Crippen MR) is 77.4 cm³/mol. The maximum Gasteiger partial charge on any atom is 0.282 e. The number of phenolic OH excluding ortho intramolecular Hbond substituents is 1. The predicted octanol–water partition coefficient (Wildman–Crippen LogP) is 1.47. The van der Waals surface area contributed by atoms with E-state index in [0.717, 1.165) is 31.8 Å². The summed E-state index contributed by atoms with van der Waals surface area (Å²) in [7, 11) is 1.62. The molecule has 1 amide bonds. The van der Waals surface area contributed by atoms with Crippen LogP contribution in [0.15, 0.2) is 18.2 Å². The third-order valence-corrected chi connectivity index (χ3v) is 3.70. The van der Waals surface area contributed by atoms with Gasteiger partial charge in [-0.3, -0.25) is 14.9 Å². The van der Waals surface area contributed by atoms with Crippen molar-refractivity contribution in [2.45, 2.75) is 12.8 Å². The first-order valence-electron chi connectivity index (χ1n) is 6.94. The average Bonchev–Trinajstić information content (AvgIpc) is 2.96. The van der Waals surface area contributed by atoms with Crippen LogP contribution in [-0.4, -0.2) is 59.0 Å². The van der Waals surface area contributed by atoms with Crippen LogP contribution in [0.2, 0.25) is 0 Å². The number of likely N-dealkylation sites (tertiary alicyclic amines) is 1. The fourth-order valence-electron chi connectivity index (χ4n) is 2.46. The number of rotatable bonds is 5. The Bertz CT molecular complexity index is 541. The number of hydrogen-bond acceptors (Lipinski definition) is 5. The van der Waals surface area contributed by atoms with E-state index in [1.54, 1.807) is 7.05 Å². The molecule has 1 N–H and O–H groups in total. The second-order valence-electron chi connectivity index (χ2n) is 5.23. The average molecular weight is 293 g/mol. The third-order valence-electron chi connectivity index (χ3n) is 3.70. The van der Waals surface area contributed by atoms with Crippen molar-refractivity contribution in [2.75, 3.05) is 33.2 Å². The van der Waals surface area contributed by atoms with Gasteiger partial charge in [0.15, 0.2) is 0 Å². The number of carbonyl (C=O) groups excluding carboxylic acids is 1. The summed E-state index contributed by atoms with van der Waals surface area (Å²) in [6, 6.07) is 3.50. The lowest BCUT2D eigenvalue weighted by molar-refractivity contribution is -0.385. The third kappa shape index (κ3) is 3.69.